The van der Waals surface area contributed by atoms with Crippen molar-refractivity contribution in [2.75, 3.05) is 19.0 Å². The van der Waals surface area contributed by atoms with Crippen molar-refractivity contribution in [1.29, 1.82) is 0 Å². The molecule has 0 bridgehead atoms. The normalized spacial score (nSPS) is 45.4. The smallest absolute Gasteiger partial charge is 0.0379 e. The molecule has 3 fully saturated rings. The Kier molecular flexibility index (Phi) is 2.95. The van der Waals surface area contributed by atoms with Crippen LogP contribution in [0.5, 0.6) is 0 Å². The van der Waals surface area contributed by atoms with Gasteiger partial charge in [0.2, 0.25) is 0 Å². The van der Waals surface area contributed by atoms with Crippen molar-refractivity contribution in [2.24, 2.45) is 17.8 Å². The lowest BCUT2D eigenvalue weighted by Crippen LogP contribution is -2.35. The van der Waals surface area contributed by atoms with Crippen LogP contribution >= 0.6 is 11.6 Å². The zero-order chi connectivity index (χ0) is 10.3. The first kappa shape index (κ1) is 10.4. The van der Waals surface area contributed by atoms with Crippen molar-refractivity contribution in [1.82, 2.24) is 4.90 Å². The molecule has 86 valence electrons. The number of hydrogen-bond donors (Lipinski definition) is 0. The van der Waals surface area contributed by atoms with Crippen LogP contribution < -0.4 is 0 Å². The van der Waals surface area contributed by atoms with E-state index in [1.165, 1.54) is 45.2 Å². The number of alkyl halides is 1. The standard InChI is InChI=1S/C13H22ClN/c14-8-13-2-1-5-15(13)9-10-3-4-11-7-12(11)6-10/h10-13H,1-9H2/t10?,11?,12?,13-/m0/s1. The summed E-state index contributed by atoms with van der Waals surface area (Å²) in [5.41, 5.74) is 0. The molecular formula is C13H22ClN. The Labute approximate surface area is 98.2 Å². The molecule has 3 aliphatic rings. The highest BCUT2D eigenvalue weighted by molar-refractivity contribution is 6.18. The molecule has 1 nitrogen and oxygen atoms in total. The van der Waals surface area contributed by atoms with Gasteiger partial charge in [-0.1, -0.05) is 0 Å². The van der Waals surface area contributed by atoms with E-state index in [1.54, 1.807) is 6.42 Å². The second-order valence-corrected chi connectivity index (χ2v) is 6.19. The summed E-state index contributed by atoms with van der Waals surface area (Å²) in [6.45, 7) is 2.66. The highest BCUT2D eigenvalue weighted by atomic mass is 35.5. The molecule has 4 atom stereocenters. The lowest BCUT2D eigenvalue weighted by atomic mass is 9.89. The summed E-state index contributed by atoms with van der Waals surface area (Å²) in [6.07, 6.45) is 8.80. The molecule has 2 aliphatic carbocycles. The number of halogens is 1. The highest BCUT2D eigenvalue weighted by Gasteiger charge is 2.42. The Morgan fingerprint density at radius 2 is 2.00 bits per heavy atom. The second kappa shape index (κ2) is 4.25. The van der Waals surface area contributed by atoms with E-state index >= 15 is 0 Å². The molecule has 1 heterocycles. The first-order valence-corrected chi connectivity index (χ1v) is 7.20. The number of rotatable bonds is 3. The largest absolute Gasteiger partial charge is 0.299 e. The van der Waals surface area contributed by atoms with Crippen LogP contribution in [0.2, 0.25) is 0 Å². The summed E-state index contributed by atoms with van der Waals surface area (Å²) >= 11 is 6.02. The van der Waals surface area contributed by atoms with Crippen LogP contribution in [0.1, 0.15) is 38.5 Å². The monoisotopic (exact) mass is 227 g/mol. The van der Waals surface area contributed by atoms with Gasteiger partial charge >= 0.3 is 0 Å². The summed E-state index contributed by atoms with van der Waals surface area (Å²) in [7, 11) is 0. The molecule has 15 heavy (non-hydrogen) atoms. The molecule has 3 unspecified atom stereocenters. The Morgan fingerprint density at radius 1 is 1.07 bits per heavy atom. The van der Waals surface area contributed by atoms with Gasteiger partial charge in [0.15, 0.2) is 0 Å². The molecule has 0 aromatic heterocycles. The minimum atomic E-state index is 0.698. The van der Waals surface area contributed by atoms with E-state index in [2.05, 4.69) is 4.90 Å². The first-order valence-electron chi connectivity index (χ1n) is 6.67. The van der Waals surface area contributed by atoms with Gasteiger partial charge in [-0.25, -0.2) is 0 Å². The van der Waals surface area contributed by atoms with Gasteiger partial charge in [0, 0.05) is 18.5 Å². The average Bonchev–Trinajstić information content (AvgIpc) is 2.88. The van der Waals surface area contributed by atoms with Crippen molar-refractivity contribution in [3.63, 3.8) is 0 Å². The van der Waals surface area contributed by atoms with Gasteiger partial charge in [0.25, 0.3) is 0 Å². The lowest BCUT2D eigenvalue weighted by molar-refractivity contribution is 0.194. The summed E-state index contributed by atoms with van der Waals surface area (Å²) in [5.74, 6) is 4.11. The SMILES string of the molecule is ClC[C@@H]1CCCN1CC1CCC2CC2C1. The fourth-order valence-corrected chi connectivity index (χ4v) is 4.11. The Morgan fingerprint density at radius 3 is 2.80 bits per heavy atom. The molecule has 0 aromatic rings. The van der Waals surface area contributed by atoms with E-state index in [0.717, 1.165) is 23.6 Å². The second-order valence-electron chi connectivity index (χ2n) is 5.88. The van der Waals surface area contributed by atoms with E-state index in [-0.39, 0.29) is 0 Å². The predicted molar refractivity (Wildman–Crippen MR) is 64.3 cm³/mol. The number of fused-ring (bicyclic) bond motifs is 1. The van der Waals surface area contributed by atoms with Crippen LogP contribution in [-0.4, -0.2) is 29.9 Å². The summed E-state index contributed by atoms with van der Waals surface area (Å²) < 4.78 is 0. The molecule has 2 heteroatoms. The van der Waals surface area contributed by atoms with Crippen LogP contribution in [-0.2, 0) is 0 Å². The van der Waals surface area contributed by atoms with Crippen molar-refractivity contribution in [2.45, 2.75) is 44.6 Å². The van der Waals surface area contributed by atoms with Gasteiger partial charge in [-0.05, 0) is 62.8 Å². The fourth-order valence-electron chi connectivity index (χ4n) is 3.76. The van der Waals surface area contributed by atoms with Crippen molar-refractivity contribution < 1.29 is 0 Å². The van der Waals surface area contributed by atoms with E-state index in [9.17, 15) is 0 Å². The van der Waals surface area contributed by atoms with E-state index in [1.807, 2.05) is 0 Å². The first-order chi connectivity index (χ1) is 7.36. The molecule has 0 amide bonds. The summed E-state index contributed by atoms with van der Waals surface area (Å²) in [4.78, 5) is 2.67. The Hall–Kier alpha value is 0.250. The van der Waals surface area contributed by atoms with Crippen LogP contribution in [0.4, 0.5) is 0 Å². The van der Waals surface area contributed by atoms with Gasteiger partial charge in [0.05, 0.1) is 0 Å². The van der Waals surface area contributed by atoms with Crippen LogP contribution in [0, 0.1) is 17.8 Å². The topological polar surface area (TPSA) is 3.24 Å². The predicted octanol–water partition coefficient (Wildman–Crippen LogP) is 3.13. The molecule has 1 aliphatic heterocycles. The molecule has 0 spiro atoms. The van der Waals surface area contributed by atoms with Gasteiger partial charge in [-0.2, -0.15) is 0 Å². The molecule has 1 saturated heterocycles. The number of hydrogen-bond acceptors (Lipinski definition) is 1. The van der Waals surface area contributed by atoms with Crippen LogP contribution in [0.3, 0.4) is 0 Å². The van der Waals surface area contributed by atoms with Crippen molar-refractivity contribution in [3.05, 3.63) is 0 Å². The molecular weight excluding hydrogens is 206 g/mol. The fraction of sp³-hybridized carbons (Fsp3) is 1.00. The third-order valence-electron chi connectivity index (χ3n) is 4.82. The maximum Gasteiger partial charge on any atom is 0.0379 e. The quantitative estimate of drug-likeness (QED) is 0.670. The molecule has 0 aromatic carbocycles. The Balaban J connectivity index is 1.51. The summed E-state index contributed by atoms with van der Waals surface area (Å²) in [6, 6.07) is 0.698. The molecule has 0 radical (unpaired) electrons. The van der Waals surface area contributed by atoms with E-state index < -0.39 is 0 Å². The van der Waals surface area contributed by atoms with Crippen LogP contribution in [0.25, 0.3) is 0 Å². The van der Waals surface area contributed by atoms with Crippen LogP contribution in [0.15, 0.2) is 0 Å². The van der Waals surface area contributed by atoms with Crippen molar-refractivity contribution >= 4 is 11.6 Å². The Bertz CT molecular complexity index is 231. The minimum absolute atomic E-state index is 0.698. The maximum absolute atomic E-state index is 6.02. The number of likely N-dealkylation sites (tertiary alicyclic amines) is 1. The molecule has 2 saturated carbocycles. The molecule has 0 N–H and O–H groups in total. The summed E-state index contributed by atoms with van der Waals surface area (Å²) in [5, 5.41) is 0. The zero-order valence-corrected chi connectivity index (χ0v) is 10.3. The lowest BCUT2D eigenvalue weighted by Gasteiger charge is -2.29. The van der Waals surface area contributed by atoms with Gasteiger partial charge in [-0.15, -0.1) is 11.6 Å². The molecule has 3 rings (SSSR count). The average molecular weight is 228 g/mol. The van der Waals surface area contributed by atoms with Gasteiger partial charge in [0.1, 0.15) is 0 Å². The van der Waals surface area contributed by atoms with Crippen molar-refractivity contribution in [3.8, 4) is 0 Å². The zero-order valence-electron chi connectivity index (χ0n) is 9.50. The third-order valence-corrected chi connectivity index (χ3v) is 5.18. The maximum atomic E-state index is 6.02. The number of nitrogens with zero attached hydrogens (tertiary/aromatic N) is 1. The van der Waals surface area contributed by atoms with E-state index in [4.69, 9.17) is 11.6 Å². The highest BCUT2D eigenvalue weighted by Crippen LogP contribution is 2.51. The minimum Gasteiger partial charge on any atom is -0.299 e. The van der Waals surface area contributed by atoms with E-state index in [0.29, 0.717) is 6.04 Å². The van der Waals surface area contributed by atoms with Gasteiger partial charge in [-0.3, -0.25) is 4.90 Å². The third kappa shape index (κ3) is 2.19. The van der Waals surface area contributed by atoms with Gasteiger partial charge < -0.3 is 0 Å².